The number of benzene rings is 2. The normalized spacial score (nSPS) is 12.2. The maximum atomic E-state index is 14.2. The summed E-state index contributed by atoms with van der Waals surface area (Å²) >= 11 is 6.04. The van der Waals surface area contributed by atoms with E-state index in [9.17, 15) is 4.39 Å². The maximum absolute atomic E-state index is 14.2. The predicted octanol–water partition coefficient (Wildman–Crippen LogP) is 3.35. The van der Waals surface area contributed by atoms with Crippen LogP contribution >= 0.6 is 11.6 Å². The van der Waals surface area contributed by atoms with Crippen molar-refractivity contribution in [2.24, 2.45) is 5.84 Å². The van der Waals surface area contributed by atoms with Gasteiger partial charge in [-0.15, -0.1) is 0 Å². The molecule has 20 heavy (non-hydrogen) atoms. The van der Waals surface area contributed by atoms with Crippen LogP contribution in [-0.4, -0.2) is 7.11 Å². The third-order valence-electron chi connectivity index (χ3n) is 3.08. The number of ether oxygens (including phenoxy) is 1. The molecule has 5 heteroatoms. The number of nitrogens with two attached hydrogens (primary N) is 1. The summed E-state index contributed by atoms with van der Waals surface area (Å²) in [5.74, 6) is 5.66. The predicted molar refractivity (Wildman–Crippen MR) is 78.3 cm³/mol. The summed E-state index contributed by atoms with van der Waals surface area (Å²) in [7, 11) is 1.49. The molecule has 0 amide bonds. The fourth-order valence-corrected chi connectivity index (χ4v) is 2.46. The largest absolute Gasteiger partial charge is 0.497 e. The van der Waals surface area contributed by atoms with E-state index in [0.717, 1.165) is 11.1 Å². The Kier molecular flexibility index (Phi) is 4.60. The zero-order valence-corrected chi connectivity index (χ0v) is 12.0. The van der Waals surface area contributed by atoms with Crippen molar-refractivity contribution in [3.8, 4) is 5.75 Å². The second-order valence-corrected chi connectivity index (χ2v) is 4.99. The van der Waals surface area contributed by atoms with Gasteiger partial charge in [0.1, 0.15) is 11.6 Å². The molecule has 3 nitrogen and oxygen atoms in total. The molecule has 0 aliphatic carbocycles. The van der Waals surface area contributed by atoms with Gasteiger partial charge in [-0.3, -0.25) is 5.84 Å². The minimum absolute atomic E-state index is 0.384. The van der Waals surface area contributed by atoms with Crippen molar-refractivity contribution in [2.45, 2.75) is 13.0 Å². The minimum Gasteiger partial charge on any atom is -0.497 e. The third-order valence-corrected chi connectivity index (χ3v) is 3.30. The fourth-order valence-electron chi connectivity index (χ4n) is 2.17. The Bertz CT molecular complexity index is 599. The van der Waals surface area contributed by atoms with Crippen molar-refractivity contribution in [1.29, 1.82) is 0 Å². The van der Waals surface area contributed by atoms with E-state index in [4.69, 9.17) is 22.2 Å². The Labute approximate surface area is 122 Å². The zero-order valence-electron chi connectivity index (χ0n) is 11.3. The van der Waals surface area contributed by atoms with E-state index in [1.54, 1.807) is 18.2 Å². The average Bonchev–Trinajstić information content (AvgIpc) is 2.40. The van der Waals surface area contributed by atoms with Crippen LogP contribution in [0.3, 0.4) is 0 Å². The van der Waals surface area contributed by atoms with Gasteiger partial charge in [-0.25, -0.2) is 9.82 Å². The van der Waals surface area contributed by atoms with Gasteiger partial charge in [-0.05, 0) is 36.2 Å². The van der Waals surface area contributed by atoms with Crippen LogP contribution in [0, 0.1) is 12.7 Å². The molecule has 0 aromatic heterocycles. The van der Waals surface area contributed by atoms with E-state index in [-0.39, 0.29) is 5.82 Å². The van der Waals surface area contributed by atoms with Gasteiger partial charge in [0.15, 0.2) is 0 Å². The van der Waals surface area contributed by atoms with Crippen LogP contribution in [-0.2, 0) is 0 Å². The molecule has 0 spiro atoms. The van der Waals surface area contributed by atoms with E-state index >= 15 is 0 Å². The van der Waals surface area contributed by atoms with E-state index in [1.165, 1.54) is 13.2 Å². The van der Waals surface area contributed by atoms with Gasteiger partial charge in [0.05, 0.1) is 13.2 Å². The zero-order chi connectivity index (χ0) is 14.7. The van der Waals surface area contributed by atoms with Gasteiger partial charge in [0.2, 0.25) is 0 Å². The minimum atomic E-state index is -0.474. The van der Waals surface area contributed by atoms with Gasteiger partial charge in [0, 0.05) is 16.7 Å². The standard InChI is InChI=1S/C15H16ClFN2O/c1-9-5-10(7-11(16)6-9)15(19-18)13-4-3-12(20-2)8-14(13)17/h3-8,15,19H,18H2,1-2H3. The first kappa shape index (κ1) is 14.8. The summed E-state index contributed by atoms with van der Waals surface area (Å²) < 4.78 is 19.1. The molecule has 0 bridgehead atoms. The SMILES string of the molecule is COc1ccc(C(NN)c2cc(C)cc(Cl)c2)c(F)c1. The smallest absolute Gasteiger partial charge is 0.132 e. The molecule has 2 aromatic rings. The summed E-state index contributed by atoms with van der Waals surface area (Å²) in [6.07, 6.45) is 0. The Balaban J connectivity index is 2.46. The third kappa shape index (κ3) is 3.10. The number of aryl methyl sites for hydroxylation is 1. The first-order valence-corrected chi connectivity index (χ1v) is 6.49. The molecule has 106 valence electrons. The van der Waals surface area contributed by atoms with Crippen LogP contribution < -0.4 is 16.0 Å². The van der Waals surface area contributed by atoms with E-state index in [1.807, 2.05) is 19.1 Å². The molecule has 0 fully saturated rings. The summed E-state index contributed by atoms with van der Waals surface area (Å²) in [5.41, 5.74) is 4.86. The first-order chi connectivity index (χ1) is 9.55. The van der Waals surface area contributed by atoms with Crippen molar-refractivity contribution in [3.63, 3.8) is 0 Å². The number of hydrazine groups is 1. The lowest BCUT2D eigenvalue weighted by molar-refractivity contribution is 0.410. The molecule has 2 rings (SSSR count). The Morgan fingerprint density at radius 2 is 2.00 bits per heavy atom. The fraction of sp³-hybridized carbons (Fsp3) is 0.200. The van der Waals surface area contributed by atoms with Crippen LogP contribution in [0.4, 0.5) is 4.39 Å². The van der Waals surface area contributed by atoms with Crippen molar-refractivity contribution in [3.05, 3.63) is 63.9 Å². The Morgan fingerprint density at radius 1 is 1.25 bits per heavy atom. The van der Waals surface area contributed by atoms with Crippen LogP contribution in [0.1, 0.15) is 22.7 Å². The van der Waals surface area contributed by atoms with Gasteiger partial charge >= 0.3 is 0 Å². The van der Waals surface area contributed by atoms with Gasteiger partial charge in [0.25, 0.3) is 0 Å². The van der Waals surface area contributed by atoms with Crippen LogP contribution in [0.25, 0.3) is 0 Å². The Morgan fingerprint density at radius 3 is 2.55 bits per heavy atom. The summed E-state index contributed by atoms with van der Waals surface area (Å²) in [4.78, 5) is 0. The first-order valence-electron chi connectivity index (χ1n) is 6.12. The highest BCUT2D eigenvalue weighted by atomic mass is 35.5. The van der Waals surface area contributed by atoms with E-state index in [0.29, 0.717) is 16.3 Å². The molecule has 1 unspecified atom stereocenters. The molecule has 0 saturated carbocycles. The van der Waals surface area contributed by atoms with Crippen molar-refractivity contribution >= 4 is 11.6 Å². The van der Waals surface area contributed by atoms with Gasteiger partial charge < -0.3 is 4.74 Å². The topological polar surface area (TPSA) is 47.3 Å². The molecule has 1 atom stereocenters. The van der Waals surface area contributed by atoms with Crippen LogP contribution in [0.2, 0.25) is 5.02 Å². The second-order valence-electron chi connectivity index (χ2n) is 4.55. The number of halogens is 2. The maximum Gasteiger partial charge on any atom is 0.132 e. The quantitative estimate of drug-likeness (QED) is 0.671. The van der Waals surface area contributed by atoms with Crippen LogP contribution in [0.15, 0.2) is 36.4 Å². The molecular formula is C15H16ClFN2O. The number of rotatable bonds is 4. The van der Waals surface area contributed by atoms with Gasteiger partial charge in [-0.1, -0.05) is 23.7 Å². The highest BCUT2D eigenvalue weighted by Crippen LogP contribution is 2.28. The van der Waals surface area contributed by atoms with Crippen molar-refractivity contribution < 1.29 is 9.13 Å². The van der Waals surface area contributed by atoms with Gasteiger partial charge in [-0.2, -0.15) is 0 Å². The number of hydrogen-bond donors (Lipinski definition) is 2. The molecule has 0 aliphatic heterocycles. The highest BCUT2D eigenvalue weighted by molar-refractivity contribution is 6.30. The average molecular weight is 295 g/mol. The summed E-state index contributed by atoms with van der Waals surface area (Å²) in [5, 5.41) is 0.592. The second kappa shape index (κ2) is 6.22. The molecule has 0 saturated heterocycles. The highest BCUT2D eigenvalue weighted by Gasteiger charge is 2.18. The van der Waals surface area contributed by atoms with E-state index in [2.05, 4.69) is 5.43 Å². The molecule has 0 radical (unpaired) electrons. The monoisotopic (exact) mass is 294 g/mol. The molecule has 2 aromatic carbocycles. The lowest BCUT2D eigenvalue weighted by Gasteiger charge is -2.19. The van der Waals surface area contributed by atoms with Crippen molar-refractivity contribution in [1.82, 2.24) is 5.43 Å². The molecular weight excluding hydrogens is 279 g/mol. The number of nitrogens with one attached hydrogen (secondary N) is 1. The molecule has 0 heterocycles. The molecule has 0 aliphatic rings. The Hall–Kier alpha value is -1.62. The summed E-state index contributed by atoms with van der Waals surface area (Å²) in [6, 6.07) is 9.72. The lowest BCUT2D eigenvalue weighted by Crippen LogP contribution is -2.29. The summed E-state index contributed by atoms with van der Waals surface area (Å²) in [6.45, 7) is 1.92. The number of hydrogen-bond acceptors (Lipinski definition) is 3. The molecule has 3 N–H and O–H groups in total. The van der Waals surface area contributed by atoms with Crippen molar-refractivity contribution in [2.75, 3.05) is 7.11 Å². The number of methoxy groups -OCH3 is 1. The lowest BCUT2D eigenvalue weighted by atomic mass is 9.97. The van der Waals surface area contributed by atoms with E-state index < -0.39 is 6.04 Å². The van der Waals surface area contributed by atoms with Crippen LogP contribution in [0.5, 0.6) is 5.75 Å².